The van der Waals surface area contributed by atoms with Crippen LogP contribution < -0.4 is 0 Å². The van der Waals surface area contributed by atoms with Gasteiger partial charge in [-0.2, -0.15) is 0 Å². The molecule has 2 rings (SSSR count). The van der Waals surface area contributed by atoms with Gasteiger partial charge in [-0.05, 0) is 51.4 Å². The zero-order valence-electron chi connectivity index (χ0n) is 15.5. The molecule has 0 saturated heterocycles. The molecule has 2 nitrogen and oxygen atoms in total. The maximum Gasteiger partial charge on any atom is 0.312 e. The van der Waals surface area contributed by atoms with Crippen LogP contribution in [0.5, 0.6) is 0 Å². The maximum atomic E-state index is 12.8. The minimum absolute atomic E-state index is 0.0168. The normalized spacial score (nSPS) is 40.3. The van der Waals surface area contributed by atoms with Crippen LogP contribution in [0.1, 0.15) is 81.6 Å². The van der Waals surface area contributed by atoms with E-state index >= 15 is 0 Å². The lowest BCUT2D eigenvalue weighted by atomic mass is 9.60. The molecule has 0 aromatic carbocycles. The molecule has 2 aliphatic carbocycles. The molecule has 0 radical (unpaired) electrons. The first kappa shape index (κ1) is 16.8. The highest BCUT2D eigenvalue weighted by Crippen LogP contribution is 2.77. The van der Waals surface area contributed by atoms with Crippen LogP contribution in [0.15, 0.2) is 0 Å². The minimum Gasteiger partial charge on any atom is -0.458 e. The molecule has 2 heteroatoms. The summed E-state index contributed by atoms with van der Waals surface area (Å²) < 4.78 is 6.30. The first-order chi connectivity index (χ1) is 9.28. The Labute approximate surface area is 131 Å². The molecule has 2 aliphatic rings. The average molecular weight is 294 g/mol. The van der Waals surface area contributed by atoms with Crippen LogP contribution in [0.25, 0.3) is 0 Å². The molecule has 21 heavy (non-hydrogen) atoms. The van der Waals surface area contributed by atoms with Crippen LogP contribution in [0, 0.1) is 27.6 Å². The van der Waals surface area contributed by atoms with Gasteiger partial charge in [0.25, 0.3) is 0 Å². The molecule has 0 heterocycles. The highest BCUT2D eigenvalue weighted by Gasteiger charge is 2.77. The third kappa shape index (κ3) is 1.74. The predicted octanol–water partition coefficient (Wildman–Crippen LogP) is 5.21. The number of hydrogen-bond acceptors (Lipinski definition) is 2. The molecule has 3 atom stereocenters. The van der Waals surface area contributed by atoms with Crippen LogP contribution in [0.3, 0.4) is 0 Å². The maximum absolute atomic E-state index is 12.8. The van der Waals surface area contributed by atoms with Gasteiger partial charge in [-0.15, -0.1) is 0 Å². The van der Waals surface area contributed by atoms with E-state index < -0.39 is 11.0 Å². The van der Waals surface area contributed by atoms with Crippen molar-refractivity contribution < 1.29 is 9.53 Å². The molecule has 0 aromatic rings. The molecule has 2 bridgehead atoms. The Morgan fingerprint density at radius 1 is 1.10 bits per heavy atom. The highest BCUT2D eigenvalue weighted by molar-refractivity contribution is 5.76. The lowest BCUT2D eigenvalue weighted by molar-refractivity contribution is -0.205. The molecular formula is C19H34O2. The summed E-state index contributed by atoms with van der Waals surface area (Å²) in [6, 6.07) is 0. The average Bonchev–Trinajstić information content (AvgIpc) is 2.64. The van der Waals surface area contributed by atoms with Crippen molar-refractivity contribution in [3.8, 4) is 0 Å². The fourth-order valence-corrected chi connectivity index (χ4v) is 5.37. The van der Waals surface area contributed by atoms with Crippen LogP contribution in [0.4, 0.5) is 0 Å². The summed E-state index contributed by atoms with van der Waals surface area (Å²) in [4.78, 5) is 12.8. The topological polar surface area (TPSA) is 26.3 Å². The molecule has 122 valence electrons. The van der Waals surface area contributed by atoms with Gasteiger partial charge in [0.05, 0.1) is 5.41 Å². The van der Waals surface area contributed by atoms with Gasteiger partial charge in [-0.3, -0.25) is 4.79 Å². The summed E-state index contributed by atoms with van der Waals surface area (Å²) in [5.74, 6) is 0.572. The second kappa shape index (κ2) is 4.26. The van der Waals surface area contributed by atoms with Gasteiger partial charge in [0.1, 0.15) is 5.60 Å². The molecule has 3 unspecified atom stereocenters. The smallest absolute Gasteiger partial charge is 0.312 e. The Morgan fingerprint density at radius 2 is 1.62 bits per heavy atom. The Hall–Kier alpha value is -0.530. The zero-order valence-corrected chi connectivity index (χ0v) is 15.5. The zero-order chi connectivity index (χ0) is 16.5. The van der Waals surface area contributed by atoms with E-state index in [0.717, 1.165) is 12.8 Å². The summed E-state index contributed by atoms with van der Waals surface area (Å²) in [7, 11) is 0. The number of carbonyl (C=O) groups excluding carboxylic acids is 1. The van der Waals surface area contributed by atoms with Crippen molar-refractivity contribution in [3.63, 3.8) is 0 Å². The summed E-state index contributed by atoms with van der Waals surface area (Å²) >= 11 is 0. The largest absolute Gasteiger partial charge is 0.458 e. The molecule has 2 fully saturated rings. The van der Waals surface area contributed by atoms with Crippen LogP contribution >= 0.6 is 0 Å². The van der Waals surface area contributed by atoms with Crippen molar-refractivity contribution >= 4 is 5.97 Å². The van der Waals surface area contributed by atoms with E-state index in [-0.39, 0.29) is 22.2 Å². The summed E-state index contributed by atoms with van der Waals surface area (Å²) in [5.41, 5.74) is -0.518. The molecule has 0 aliphatic heterocycles. The second-order valence-electron chi connectivity index (χ2n) is 9.53. The fraction of sp³-hybridized carbons (Fsp3) is 0.947. The van der Waals surface area contributed by atoms with E-state index in [2.05, 4.69) is 48.5 Å². The third-order valence-electron chi connectivity index (χ3n) is 8.11. The fourth-order valence-electron chi connectivity index (χ4n) is 5.37. The molecule has 0 aromatic heterocycles. The number of fused-ring (bicyclic) bond motifs is 2. The molecule has 0 N–H and O–H groups in total. The lowest BCUT2D eigenvalue weighted by Gasteiger charge is -2.52. The van der Waals surface area contributed by atoms with Crippen LogP contribution in [-0.2, 0) is 9.53 Å². The number of esters is 1. The monoisotopic (exact) mass is 294 g/mol. The highest BCUT2D eigenvalue weighted by atomic mass is 16.6. The Balaban J connectivity index is 2.45. The Kier molecular flexibility index (Phi) is 3.42. The van der Waals surface area contributed by atoms with Crippen molar-refractivity contribution in [2.24, 2.45) is 27.6 Å². The standard InChI is InChI=1S/C19H34O2/c1-10-15(2,3)14(20)21-19(9)17(6,7)13-11-12-18(19,8)16(13,4)5/h13H,10-12H2,1-9H3. The Bertz CT molecular complexity index is 460. The van der Waals surface area contributed by atoms with Gasteiger partial charge in [-0.25, -0.2) is 0 Å². The second-order valence-corrected chi connectivity index (χ2v) is 9.53. The van der Waals surface area contributed by atoms with Crippen molar-refractivity contribution in [3.05, 3.63) is 0 Å². The number of rotatable bonds is 3. The molecular weight excluding hydrogens is 260 g/mol. The number of carbonyl (C=O) groups is 1. The predicted molar refractivity (Wildman–Crippen MR) is 87.0 cm³/mol. The van der Waals surface area contributed by atoms with Gasteiger partial charge in [0.2, 0.25) is 0 Å². The van der Waals surface area contributed by atoms with Gasteiger partial charge >= 0.3 is 5.97 Å². The van der Waals surface area contributed by atoms with Crippen molar-refractivity contribution in [1.29, 1.82) is 0 Å². The van der Waals surface area contributed by atoms with Crippen molar-refractivity contribution in [2.75, 3.05) is 0 Å². The lowest BCUT2D eigenvalue weighted by Crippen LogP contribution is -2.56. The Morgan fingerprint density at radius 3 is 2.00 bits per heavy atom. The SMILES string of the molecule is CCC(C)(C)C(=O)OC1(C)C(C)(C)C2CCC1(C)C2(C)C. The summed E-state index contributed by atoms with van der Waals surface area (Å²) in [6.07, 6.45) is 3.22. The van der Waals surface area contributed by atoms with Crippen molar-refractivity contribution in [2.45, 2.75) is 87.2 Å². The minimum atomic E-state index is -0.401. The van der Waals surface area contributed by atoms with E-state index in [0.29, 0.717) is 5.92 Å². The summed E-state index contributed by atoms with van der Waals surface area (Å²) in [6.45, 7) is 19.9. The van der Waals surface area contributed by atoms with Gasteiger partial charge in [0, 0.05) is 10.8 Å². The van der Waals surface area contributed by atoms with Gasteiger partial charge in [0.15, 0.2) is 0 Å². The van der Waals surface area contributed by atoms with Crippen LogP contribution in [-0.4, -0.2) is 11.6 Å². The van der Waals surface area contributed by atoms with Crippen LogP contribution in [0.2, 0.25) is 0 Å². The summed E-state index contributed by atoms with van der Waals surface area (Å²) in [5, 5.41) is 0. The number of hydrogen-bond donors (Lipinski definition) is 0. The molecule has 2 saturated carbocycles. The third-order valence-corrected chi connectivity index (χ3v) is 8.11. The van der Waals surface area contributed by atoms with E-state index in [1.807, 2.05) is 13.8 Å². The van der Waals surface area contributed by atoms with E-state index in [9.17, 15) is 4.79 Å². The quantitative estimate of drug-likeness (QED) is 0.668. The van der Waals surface area contributed by atoms with Gasteiger partial charge in [-0.1, -0.05) is 41.5 Å². The first-order valence-electron chi connectivity index (χ1n) is 8.51. The molecule has 0 amide bonds. The van der Waals surface area contributed by atoms with Crippen molar-refractivity contribution in [1.82, 2.24) is 0 Å². The van der Waals surface area contributed by atoms with Gasteiger partial charge < -0.3 is 4.74 Å². The van der Waals surface area contributed by atoms with E-state index in [4.69, 9.17) is 4.74 Å². The number of ether oxygens (including phenoxy) is 1. The molecule has 0 spiro atoms. The first-order valence-corrected chi connectivity index (χ1v) is 8.51. The van der Waals surface area contributed by atoms with E-state index in [1.54, 1.807) is 0 Å². The van der Waals surface area contributed by atoms with E-state index in [1.165, 1.54) is 6.42 Å².